The molecule has 1 saturated heterocycles. The van der Waals surface area contributed by atoms with Gasteiger partial charge in [-0.3, -0.25) is 0 Å². The highest BCUT2D eigenvalue weighted by atomic mass is 16.6. The van der Waals surface area contributed by atoms with Crippen molar-refractivity contribution in [2.24, 2.45) is 0 Å². The first kappa shape index (κ1) is 17.6. The van der Waals surface area contributed by atoms with E-state index in [1.165, 1.54) is 0 Å². The number of aromatic nitrogens is 1. The molecule has 23 heavy (non-hydrogen) atoms. The first-order chi connectivity index (χ1) is 10.8. The van der Waals surface area contributed by atoms with Crippen LogP contribution in [0.3, 0.4) is 0 Å². The summed E-state index contributed by atoms with van der Waals surface area (Å²) < 4.78 is 10.9. The molecule has 0 radical (unpaired) electrons. The molecule has 1 unspecified atom stereocenters. The fraction of sp³-hybridized carbons (Fsp3) is 0.667. The Labute approximate surface area is 139 Å². The molecule has 0 N–H and O–H groups in total. The first-order valence-corrected chi connectivity index (χ1v) is 8.35. The molecule has 128 valence electrons. The Bertz CT molecular complexity index is 552. The van der Waals surface area contributed by atoms with E-state index in [9.17, 15) is 4.79 Å². The molecule has 2 rings (SSSR count). The highest BCUT2D eigenvalue weighted by Crippen LogP contribution is 2.29. The van der Waals surface area contributed by atoms with E-state index in [4.69, 9.17) is 9.47 Å². The number of methoxy groups -OCH3 is 1. The van der Waals surface area contributed by atoms with Crippen LogP contribution >= 0.6 is 0 Å². The Morgan fingerprint density at radius 3 is 2.74 bits per heavy atom. The van der Waals surface area contributed by atoms with Crippen LogP contribution in [-0.2, 0) is 11.2 Å². The van der Waals surface area contributed by atoms with Crippen LogP contribution in [0.2, 0.25) is 0 Å². The SMILES string of the molecule is CCc1ccc(C2CCCN(C(=O)OC(C)(C)C)C2)nc1OC. The topological polar surface area (TPSA) is 51.7 Å². The molecule has 1 amide bonds. The Morgan fingerprint density at radius 2 is 2.13 bits per heavy atom. The zero-order valence-corrected chi connectivity index (χ0v) is 14.9. The third kappa shape index (κ3) is 4.60. The molecule has 1 aromatic rings. The second kappa shape index (κ2) is 7.20. The minimum atomic E-state index is -0.464. The van der Waals surface area contributed by atoms with E-state index in [2.05, 4.69) is 24.0 Å². The molecule has 1 fully saturated rings. The smallest absolute Gasteiger partial charge is 0.410 e. The molecule has 2 heterocycles. The van der Waals surface area contributed by atoms with Gasteiger partial charge in [0.2, 0.25) is 5.88 Å². The van der Waals surface area contributed by atoms with Crippen LogP contribution < -0.4 is 4.74 Å². The van der Waals surface area contributed by atoms with Crippen molar-refractivity contribution in [2.45, 2.75) is 58.5 Å². The number of ether oxygens (including phenoxy) is 2. The van der Waals surface area contributed by atoms with E-state index in [-0.39, 0.29) is 12.0 Å². The van der Waals surface area contributed by atoms with Crippen LogP contribution in [0.1, 0.15) is 57.7 Å². The highest BCUT2D eigenvalue weighted by Gasteiger charge is 2.29. The summed E-state index contributed by atoms with van der Waals surface area (Å²) >= 11 is 0. The van der Waals surface area contributed by atoms with Gasteiger partial charge in [0, 0.05) is 30.3 Å². The maximum atomic E-state index is 12.3. The van der Waals surface area contributed by atoms with Gasteiger partial charge in [-0.15, -0.1) is 0 Å². The van der Waals surface area contributed by atoms with Gasteiger partial charge in [0.05, 0.1) is 7.11 Å². The van der Waals surface area contributed by atoms with Crippen LogP contribution in [0.5, 0.6) is 5.88 Å². The van der Waals surface area contributed by atoms with Gasteiger partial charge in [-0.25, -0.2) is 9.78 Å². The third-order valence-corrected chi connectivity index (χ3v) is 4.03. The molecule has 1 aliphatic heterocycles. The number of hydrogen-bond donors (Lipinski definition) is 0. The minimum Gasteiger partial charge on any atom is -0.481 e. The zero-order chi connectivity index (χ0) is 17.0. The maximum Gasteiger partial charge on any atom is 0.410 e. The van der Waals surface area contributed by atoms with Gasteiger partial charge < -0.3 is 14.4 Å². The lowest BCUT2D eigenvalue weighted by Gasteiger charge is -2.34. The van der Waals surface area contributed by atoms with Crippen LogP contribution in [0, 0.1) is 0 Å². The predicted molar refractivity (Wildman–Crippen MR) is 89.9 cm³/mol. The number of carbonyl (C=O) groups is 1. The molecule has 1 aromatic heterocycles. The van der Waals surface area contributed by atoms with E-state index in [1.54, 1.807) is 12.0 Å². The third-order valence-electron chi connectivity index (χ3n) is 4.03. The molecule has 0 saturated carbocycles. The maximum absolute atomic E-state index is 12.3. The van der Waals surface area contributed by atoms with Crippen LogP contribution in [0.25, 0.3) is 0 Å². The van der Waals surface area contributed by atoms with Crippen LogP contribution in [-0.4, -0.2) is 41.8 Å². The first-order valence-electron chi connectivity index (χ1n) is 8.35. The lowest BCUT2D eigenvalue weighted by atomic mass is 9.94. The fourth-order valence-corrected chi connectivity index (χ4v) is 2.87. The Balaban J connectivity index is 2.10. The monoisotopic (exact) mass is 320 g/mol. The summed E-state index contributed by atoms with van der Waals surface area (Å²) in [5.41, 5.74) is 1.64. The summed E-state index contributed by atoms with van der Waals surface area (Å²) in [5, 5.41) is 0. The average Bonchev–Trinajstić information content (AvgIpc) is 2.52. The second-order valence-corrected chi connectivity index (χ2v) is 7.02. The number of likely N-dealkylation sites (tertiary alicyclic amines) is 1. The van der Waals surface area contributed by atoms with Gasteiger partial charge in [0.15, 0.2) is 0 Å². The Kier molecular flexibility index (Phi) is 5.50. The summed E-state index contributed by atoms with van der Waals surface area (Å²) in [6.45, 7) is 9.16. The van der Waals surface area contributed by atoms with Gasteiger partial charge in [0.25, 0.3) is 0 Å². The van der Waals surface area contributed by atoms with Crippen LogP contribution in [0.4, 0.5) is 4.79 Å². The van der Waals surface area contributed by atoms with Crippen molar-refractivity contribution in [1.29, 1.82) is 0 Å². The van der Waals surface area contributed by atoms with Crippen molar-refractivity contribution in [3.8, 4) is 5.88 Å². The standard InChI is InChI=1S/C18H28N2O3/c1-6-13-9-10-15(19-16(13)22-5)14-8-7-11-20(12-14)17(21)23-18(2,3)4/h9-10,14H,6-8,11-12H2,1-5H3. The number of carbonyl (C=O) groups excluding carboxylic acids is 1. The number of rotatable bonds is 3. The van der Waals surface area contributed by atoms with Gasteiger partial charge in [-0.2, -0.15) is 0 Å². The summed E-state index contributed by atoms with van der Waals surface area (Å²) in [7, 11) is 1.65. The van der Waals surface area contributed by atoms with Crippen molar-refractivity contribution in [3.05, 3.63) is 23.4 Å². The molecular formula is C18H28N2O3. The quantitative estimate of drug-likeness (QED) is 0.851. The highest BCUT2D eigenvalue weighted by molar-refractivity contribution is 5.68. The van der Waals surface area contributed by atoms with Gasteiger partial charge >= 0.3 is 6.09 Å². The van der Waals surface area contributed by atoms with E-state index < -0.39 is 5.60 Å². The summed E-state index contributed by atoms with van der Waals surface area (Å²) in [6, 6.07) is 4.14. The van der Waals surface area contributed by atoms with Crippen molar-refractivity contribution >= 4 is 6.09 Å². The number of pyridine rings is 1. The number of aryl methyl sites for hydroxylation is 1. The van der Waals surface area contributed by atoms with Gasteiger partial charge in [-0.1, -0.05) is 13.0 Å². The molecule has 0 spiro atoms. The zero-order valence-electron chi connectivity index (χ0n) is 14.9. The lowest BCUT2D eigenvalue weighted by Crippen LogP contribution is -2.42. The van der Waals surface area contributed by atoms with E-state index in [0.29, 0.717) is 12.4 Å². The Hall–Kier alpha value is -1.78. The largest absolute Gasteiger partial charge is 0.481 e. The molecule has 0 aliphatic carbocycles. The van der Waals surface area contributed by atoms with E-state index in [1.807, 2.05) is 20.8 Å². The molecule has 1 aliphatic rings. The summed E-state index contributed by atoms with van der Waals surface area (Å²) in [5.74, 6) is 0.926. The summed E-state index contributed by atoms with van der Waals surface area (Å²) in [4.78, 5) is 18.7. The summed E-state index contributed by atoms with van der Waals surface area (Å²) in [6.07, 6.45) is 2.65. The van der Waals surface area contributed by atoms with Crippen molar-refractivity contribution in [2.75, 3.05) is 20.2 Å². The van der Waals surface area contributed by atoms with Gasteiger partial charge in [-0.05, 0) is 46.1 Å². The van der Waals surface area contributed by atoms with Crippen molar-refractivity contribution in [1.82, 2.24) is 9.88 Å². The number of hydrogen-bond acceptors (Lipinski definition) is 4. The molecule has 5 nitrogen and oxygen atoms in total. The lowest BCUT2D eigenvalue weighted by molar-refractivity contribution is 0.0197. The normalized spacial score (nSPS) is 18.7. The molecule has 1 atom stereocenters. The average molecular weight is 320 g/mol. The van der Waals surface area contributed by atoms with Gasteiger partial charge in [0.1, 0.15) is 5.60 Å². The van der Waals surface area contributed by atoms with Crippen LogP contribution in [0.15, 0.2) is 12.1 Å². The molecular weight excluding hydrogens is 292 g/mol. The number of amides is 1. The van der Waals surface area contributed by atoms with Crippen molar-refractivity contribution in [3.63, 3.8) is 0 Å². The van der Waals surface area contributed by atoms with E-state index >= 15 is 0 Å². The Morgan fingerprint density at radius 1 is 1.39 bits per heavy atom. The molecule has 5 heteroatoms. The number of nitrogens with zero attached hydrogens (tertiary/aromatic N) is 2. The fourth-order valence-electron chi connectivity index (χ4n) is 2.87. The predicted octanol–water partition coefficient (Wildman–Crippen LogP) is 3.77. The molecule has 0 bridgehead atoms. The van der Waals surface area contributed by atoms with Crippen molar-refractivity contribution < 1.29 is 14.3 Å². The number of piperidine rings is 1. The minimum absolute atomic E-state index is 0.232. The van der Waals surface area contributed by atoms with E-state index in [0.717, 1.165) is 37.1 Å². The second-order valence-electron chi connectivity index (χ2n) is 7.02. The molecule has 0 aromatic carbocycles.